The first-order chi connectivity index (χ1) is 7.67. The number of likely N-dealkylation sites (tertiary alicyclic amines) is 2. The maximum Gasteiger partial charge on any atom is 0.0269 e. The van der Waals surface area contributed by atoms with Crippen LogP contribution in [0.2, 0.25) is 0 Å². The van der Waals surface area contributed by atoms with Crippen molar-refractivity contribution < 1.29 is 0 Å². The number of rotatable bonds is 1. The molecule has 2 rings (SSSR count). The summed E-state index contributed by atoms with van der Waals surface area (Å²) in [7, 11) is 0. The van der Waals surface area contributed by atoms with Crippen LogP contribution in [-0.4, -0.2) is 47.6 Å². The van der Waals surface area contributed by atoms with Crippen LogP contribution in [0.1, 0.15) is 48.0 Å². The third kappa shape index (κ3) is 3.03. The highest BCUT2D eigenvalue weighted by Crippen LogP contribution is 2.38. The molecule has 2 unspecified atom stereocenters. The number of piperidine rings is 1. The SMILES string of the molecule is CC(C)(C)CN1CCC2CN(C(C)(C)C)C2C1. The molecule has 0 spiro atoms. The van der Waals surface area contributed by atoms with Crippen molar-refractivity contribution in [2.45, 2.75) is 59.5 Å². The predicted molar refractivity (Wildman–Crippen MR) is 74.2 cm³/mol. The van der Waals surface area contributed by atoms with Crippen LogP contribution < -0.4 is 0 Å². The van der Waals surface area contributed by atoms with Crippen molar-refractivity contribution in [2.24, 2.45) is 11.3 Å². The molecule has 2 saturated heterocycles. The summed E-state index contributed by atoms with van der Waals surface area (Å²) < 4.78 is 0. The monoisotopic (exact) mass is 238 g/mol. The molecule has 0 aliphatic carbocycles. The van der Waals surface area contributed by atoms with Crippen LogP contribution >= 0.6 is 0 Å². The van der Waals surface area contributed by atoms with Crippen molar-refractivity contribution in [3.63, 3.8) is 0 Å². The predicted octanol–water partition coefficient (Wildman–Crippen LogP) is 2.84. The van der Waals surface area contributed by atoms with Crippen LogP contribution in [-0.2, 0) is 0 Å². The highest BCUT2D eigenvalue weighted by molar-refractivity contribution is 5.01. The molecule has 2 nitrogen and oxygen atoms in total. The van der Waals surface area contributed by atoms with Gasteiger partial charge in [-0.1, -0.05) is 20.8 Å². The van der Waals surface area contributed by atoms with Gasteiger partial charge in [0.2, 0.25) is 0 Å². The number of nitrogens with zero attached hydrogens (tertiary/aromatic N) is 2. The van der Waals surface area contributed by atoms with Gasteiger partial charge >= 0.3 is 0 Å². The molecule has 2 fully saturated rings. The molecular weight excluding hydrogens is 208 g/mol. The second kappa shape index (κ2) is 4.24. The summed E-state index contributed by atoms with van der Waals surface area (Å²) in [4.78, 5) is 5.38. The smallest absolute Gasteiger partial charge is 0.0269 e. The highest BCUT2D eigenvalue weighted by atomic mass is 15.3. The Kier molecular flexibility index (Phi) is 3.33. The Balaban J connectivity index is 1.92. The maximum atomic E-state index is 2.70. The van der Waals surface area contributed by atoms with Gasteiger partial charge in [0, 0.05) is 31.2 Å². The Morgan fingerprint density at radius 3 is 2.18 bits per heavy atom. The van der Waals surface area contributed by atoms with E-state index in [0.717, 1.165) is 12.0 Å². The summed E-state index contributed by atoms with van der Waals surface area (Å²) in [6.45, 7) is 19.3. The zero-order chi connectivity index (χ0) is 12.8. The number of hydrogen-bond acceptors (Lipinski definition) is 2. The van der Waals surface area contributed by atoms with Crippen LogP contribution in [0.5, 0.6) is 0 Å². The quantitative estimate of drug-likeness (QED) is 0.693. The fourth-order valence-electron chi connectivity index (χ4n) is 3.45. The zero-order valence-electron chi connectivity index (χ0n) is 12.6. The van der Waals surface area contributed by atoms with Gasteiger partial charge in [-0.3, -0.25) is 4.90 Å². The standard InChI is InChI=1S/C15H30N2/c1-14(2,3)11-16-8-7-12-9-17(13(12)10-16)15(4,5)6/h12-13H,7-11H2,1-6H3. The van der Waals surface area contributed by atoms with Gasteiger partial charge in [-0.25, -0.2) is 0 Å². The summed E-state index contributed by atoms with van der Waals surface area (Å²) in [5.41, 5.74) is 0.787. The highest BCUT2D eigenvalue weighted by Gasteiger charge is 2.46. The molecular formula is C15H30N2. The molecule has 100 valence electrons. The minimum atomic E-state index is 0.353. The second-order valence-corrected chi connectivity index (χ2v) is 8.24. The summed E-state index contributed by atoms with van der Waals surface area (Å²) in [6.07, 6.45) is 1.41. The van der Waals surface area contributed by atoms with Gasteiger partial charge in [-0.2, -0.15) is 0 Å². The van der Waals surface area contributed by atoms with Crippen molar-refractivity contribution in [2.75, 3.05) is 26.2 Å². The van der Waals surface area contributed by atoms with Crippen molar-refractivity contribution in [1.29, 1.82) is 0 Å². The van der Waals surface area contributed by atoms with E-state index in [1.165, 1.54) is 32.6 Å². The lowest BCUT2D eigenvalue weighted by Gasteiger charge is -2.59. The molecule has 2 aliphatic heterocycles. The van der Waals surface area contributed by atoms with Crippen LogP contribution in [0.15, 0.2) is 0 Å². The maximum absolute atomic E-state index is 2.70. The van der Waals surface area contributed by atoms with E-state index in [4.69, 9.17) is 0 Å². The van der Waals surface area contributed by atoms with E-state index in [2.05, 4.69) is 51.3 Å². The van der Waals surface area contributed by atoms with Crippen LogP contribution in [0, 0.1) is 11.3 Å². The molecule has 0 bridgehead atoms. The van der Waals surface area contributed by atoms with E-state index in [-0.39, 0.29) is 0 Å². The first-order valence-corrected chi connectivity index (χ1v) is 7.16. The molecule has 0 amide bonds. The van der Waals surface area contributed by atoms with Crippen LogP contribution in [0.25, 0.3) is 0 Å². The Morgan fingerprint density at radius 2 is 1.65 bits per heavy atom. The topological polar surface area (TPSA) is 6.48 Å². The molecule has 0 radical (unpaired) electrons. The zero-order valence-corrected chi connectivity index (χ0v) is 12.6. The molecule has 2 heteroatoms. The first-order valence-electron chi connectivity index (χ1n) is 7.16. The molecule has 17 heavy (non-hydrogen) atoms. The third-order valence-corrected chi connectivity index (χ3v) is 4.20. The molecule has 0 N–H and O–H groups in total. The van der Waals surface area contributed by atoms with Crippen molar-refractivity contribution >= 4 is 0 Å². The van der Waals surface area contributed by atoms with E-state index < -0.39 is 0 Å². The summed E-state index contributed by atoms with van der Waals surface area (Å²) in [5, 5.41) is 0. The molecule has 2 atom stereocenters. The first kappa shape index (κ1) is 13.4. The van der Waals surface area contributed by atoms with E-state index in [9.17, 15) is 0 Å². The van der Waals surface area contributed by atoms with E-state index in [1.807, 2.05) is 0 Å². The lowest BCUT2D eigenvalue weighted by molar-refractivity contribution is -0.0972. The third-order valence-electron chi connectivity index (χ3n) is 4.20. The van der Waals surface area contributed by atoms with Gasteiger partial charge in [0.15, 0.2) is 0 Å². The lowest BCUT2D eigenvalue weighted by Crippen LogP contribution is -2.69. The van der Waals surface area contributed by atoms with Gasteiger partial charge in [0.25, 0.3) is 0 Å². The van der Waals surface area contributed by atoms with Crippen LogP contribution in [0.4, 0.5) is 0 Å². The van der Waals surface area contributed by atoms with Gasteiger partial charge in [0.1, 0.15) is 0 Å². The van der Waals surface area contributed by atoms with Gasteiger partial charge in [-0.15, -0.1) is 0 Å². The van der Waals surface area contributed by atoms with E-state index in [1.54, 1.807) is 0 Å². The Labute approximate surface area is 107 Å². The molecule has 2 aliphatic rings. The van der Waals surface area contributed by atoms with Gasteiger partial charge < -0.3 is 4.90 Å². The van der Waals surface area contributed by atoms with Crippen molar-refractivity contribution in [3.05, 3.63) is 0 Å². The van der Waals surface area contributed by atoms with Crippen molar-refractivity contribution in [1.82, 2.24) is 9.80 Å². The Bertz CT molecular complexity index is 272. The number of hydrogen-bond donors (Lipinski definition) is 0. The summed E-state index contributed by atoms with van der Waals surface area (Å²) in [6, 6.07) is 0.825. The summed E-state index contributed by atoms with van der Waals surface area (Å²) in [5.74, 6) is 0.977. The van der Waals surface area contributed by atoms with Gasteiger partial charge in [0.05, 0.1) is 0 Å². The average molecular weight is 238 g/mol. The van der Waals surface area contributed by atoms with Gasteiger partial charge in [-0.05, 0) is 45.1 Å². The molecule has 0 aromatic rings. The Morgan fingerprint density at radius 1 is 1.00 bits per heavy atom. The molecule has 0 aromatic carbocycles. The van der Waals surface area contributed by atoms with E-state index in [0.29, 0.717) is 11.0 Å². The van der Waals surface area contributed by atoms with E-state index >= 15 is 0 Å². The summed E-state index contributed by atoms with van der Waals surface area (Å²) >= 11 is 0. The largest absolute Gasteiger partial charge is 0.301 e. The fourth-order valence-corrected chi connectivity index (χ4v) is 3.45. The number of fused-ring (bicyclic) bond motifs is 1. The minimum absolute atomic E-state index is 0.353. The van der Waals surface area contributed by atoms with Crippen molar-refractivity contribution in [3.8, 4) is 0 Å². The Hall–Kier alpha value is -0.0800. The second-order valence-electron chi connectivity index (χ2n) is 8.24. The fraction of sp³-hybridized carbons (Fsp3) is 1.00. The molecule has 2 heterocycles. The molecule has 0 saturated carbocycles. The lowest BCUT2D eigenvalue weighted by atomic mass is 9.78. The molecule has 0 aromatic heterocycles. The normalized spacial score (nSPS) is 32.1. The average Bonchev–Trinajstić information content (AvgIpc) is 2.05. The minimum Gasteiger partial charge on any atom is -0.301 e. The van der Waals surface area contributed by atoms with Crippen LogP contribution in [0.3, 0.4) is 0 Å².